The molecule has 0 spiro atoms. The third kappa shape index (κ3) is 2.88. The molecular formula is C14H10ClN3OS2. The lowest BCUT2D eigenvalue weighted by Gasteiger charge is -2.03. The van der Waals surface area contributed by atoms with Gasteiger partial charge in [-0.05, 0) is 30.3 Å². The van der Waals surface area contributed by atoms with Crippen molar-refractivity contribution in [3.05, 3.63) is 52.2 Å². The van der Waals surface area contributed by atoms with Gasteiger partial charge in [0.2, 0.25) is 0 Å². The molecule has 1 fully saturated rings. The van der Waals surface area contributed by atoms with Crippen molar-refractivity contribution in [1.82, 2.24) is 14.7 Å². The van der Waals surface area contributed by atoms with E-state index >= 15 is 0 Å². The zero-order chi connectivity index (χ0) is 15.0. The molecule has 1 aromatic heterocycles. The van der Waals surface area contributed by atoms with Crippen LogP contribution >= 0.6 is 35.6 Å². The van der Waals surface area contributed by atoms with Crippen molar-refractivity contribution < 1.29 is 4.79 Å². The Morgan fingerprint density at radius 3 is 2.67 bits per heavy atom. The molecule has 0 N–H and O–H groups in total. The monoisotopic (exact) mass is 335 g/mol. The Kier molecular flexibility index (Phi) is 3.84. The minimum Gasteiger partial charge on any atom is -0.296 e. The first-order valence-corrected chi connectivity index (χ1v) is 7.67. The average Bonchev–Trinajstić information content (AvgIpc) is 3.02. The number of nitrogens with zero attached hydrogens (tertiary/aromatic N) is 3. The summed E-state index contributed by atoms with van der Waals surface area (Å²) in [5.74, 6) is -0.0794. The quantitative estimate of drug-likeness (QED) is 0.623. The number of thiocarbonyl (C=S) groups is 1. The number of aromatic nitrogens is 2. The number of thioether (sulfide) groups is 1. The van der Waals surface area contributed by atoms with Gasteiger partial charge in [-0.2, -0.15) is 5.10 Å². The van der Waals surface area contributed by atoms with Crippen molar-refractivity contribution in [3.63, 3.8) is 0 Å². The van der Waals surface area contributed by atoms with E-state index in [4.69, 9.17) is 23.8 Å². The van der Waals surface area contributed by atoms with E-state index in [-0.39, 0.29) is 5.91 Å². The van der Waals surface area contributed by atoms with E-state index in [1.165, 1.54) is 16.7 Å². The molecule has 1 saturated heterocycles. The van der Waals surface area contributed by atoms with Crippen molar-refractivity contribution in [2.45, 2.75) is 0 Å². The fraction of sp³-hybridized carbons (Fsp3) is 0.0714. The molecule has 1 amide bonds. The molecule has 1 aliphatic heterocycles. The van der Waals surface area contributed by atoms with Gasteiger partial charge in [0.15, 0.2) is 0 Å². The normalized spacial score (nSPS) is 17.0. The largest absolute Gasteiger partial charge is 0.296 e. The minimum absolute atomic E-state index is 0.0794. The molecule has 21 heavy (non-hydrogen) atoms. The second kappa shape index (κ2) is 5.63. The zero-order valence-corrected chi connectivity index (χ0v) is 13.4. The maximum absolute atomic E-state index is 11.9. The van der Waals surface area contributed by atoms with E-state index in [2.05, 4.69) is 5.10 Å². The van der Waals surface area contributed by atoms with E-state index < -0.39 is 0 Å². The summed E-state index contributed by atoms with van der Waals surface area (Å²) in [5.41, 5.74) is 1.75. The second-order valence-electron chi connectivity index (χ2n) is 4.44. The van der Waals surface area contributed by atoms with Gasteiger partial charge in [0.05, 0.1) is 16.8 Å². The highest BCUT2D eigenvalue weighted by Gasteiger charge is 2.28. The van der Waals surface area contributed by atoms with Crippen LogP contribution in [0.25, 0.3) is 11.8 Å². The van der Waals surface area contributed by atoms with Crippen LogP contribution in [-0.4, -0.2) is 32.0 Å². The lowest BCUT2D eigenvalue weighted by Crippen LogP contribution is -2.22. The molecule has 0 radical (unpaired) electrons. The molecular weight excluding hydrogens is 326 g/mol. The number of amides is 1. The summed E-state index contributed by atoms with van der Waals surface area (Å²) in [6.45, 7) is 0. The SMILES string of the molecule is CN1C(=O)/C(=C/c2cnn(-c3ccc(Cl)cc3)c2)SC1=S. The highest BCUT2D eigenvalue weighted by molar-refractivity contribution is 8.26. The van der Waals surface area contributed by atoms with Gasteiger partial charge in [0, 0.05) is 23.8 Å². The Morgan fingerprint density at radius 2 is 2.05 bits per heavy atom. The summed E-state index contributed by atoms with van der Waals surface area (Å²) in [6.07, 6.45) is 5.35. The summed E-state index contributed by atoms with van der Waals surface area (Å²) in [5, 5.41) is 4.96. The number of carbonyl (C=O) groups is 1. The highest BCUT2D eigenvalue weighted by Crippen LogP contribution is 2.31. The van der Waals surface area contributed by atoms with Crippen LogP contribution in [0, 0.1) is 0 Å². The van der Waals surface area contributed by atoms with E-state index in [0.717, 1.165) is 11.3 Å². The van der Waals surface area contributed by atoms with E-state index in [9.17, 15) is 4.79 Å². The van der Waals surface area contributed by atoms with Crippen molar-refractivity contribution in [2.24, 2.45) is 0 Å². The summed E-state index contributed by atoms with van der Waals surface area (Å²) in [6, 6.07) is 7.37. The van der Waals surface area contributed by atoms with Crippen LogP contribution in [0.4, 0.5) is 0 Å². The molecule has 4 nitrogen and oxygen atoms in total. The fourth-order valence-electron chi connectivity index (χ4n) is 1.84. The molecule has 1 aromatic carbocycles. The van der Waals surface area contributed by atoms with Gasteiger partial charge >= 0.3 is 0 Å². The molecule has 1 aliphatic rings. The van der Waals surface area contributed by atoms with E-state index in [1.807, 2.05) is 18.3 Å². The van der Waals surface area contributed by atoms with Gasteiger partial charge in [-0.1, -0.05) is 35.6 Å². The highest BCUT2D eigenvalue weighted by atomic mass is 35.5. The van der Waals surface area contributed by atoms with Crippen molar-refractivity contribution in [2.75, 3.05) is 7.05 Å². The Hall–Kier alpha value is -1.63. The molecule has 7 heteroatoms. The van der Waals surface area contributed by atoms with E-state index in [1.54, 1.807) is 36.1 Å². The molecule has 0 atom stereocenters. The van der Waals surface area contributed by atoms with Gasteiger partial charge in [0.1, 0.15) is 4.32 Å². The van der Waals surface area contributed by atoms with Crippen LogP contribution in [0.5, 0.6) is 0 Å². The molecule has 2 heterocycles. The molecule has 2 aromatic rings. The maximum atomic E-state index is 11.9. The van der Waals surface area contributed by atoms with Crippen LogP contribution in [0.15, 0.2) is 41.6 Å². The first-order chi connectivity index (χ1) is 10.0. The molecule has 0 saturated carbocycles. The summed E-state index contributed by atoms with van der Waals surface area (Å²) in [7, 11) is 1.68. The number of halogens is 1. The van der Waals surface area contributed by atoms with Crippen LogP contribution in [0.3, 0.4) is 0 Å². The first kappa shape index (κ1) is 14.3. The third-order valence-corrected chi connectivity index (χ3v) is 4.71. The maximum Gasteiger partial charge on any atom is 0.265 e. The Bertz CT molecular complexity index is 752. The van der Waals surface area contributed by atoms with Crippen molar-refractivity contribution >= 4 is 51.9 Å². The topological polar surface area (TPSA) is 38.1 Å². The molecule has 0 aliphatic carbocycles. The Balaban J connectivity index is 1.87. The molecule has 0 unspecified atom stereocenters. The minimum atomic E-state index is -0.0794. The molecule has 3 rings (SSSR count). The number of carbonyl (C=O) groups excluding carboxylic acids is 1. The first-order valence-electron chi connectivity index (χ1n) is 6.07. The summed E-state index contributed by atoms with van der Waals surface area (Å²) in [4.78, 5) is 14.0. The van der Waals surface area contributed by atoms with Gasteiger partial charge in [-0.25, -0.2) is 4.68 Å². The van der Waals surface area contributed by atoms with Crippen molar-refractivity contribution in [3.8, 4) is 5.69 Å². The van der Waals surface area contributed by atoms with Crippen LogP contribution in [0.2, 0.25) is 5.02 Å². The lowest BCUT2D eigenvalue weighted by atomic mass is 10.3. The average molecular weight is 336 g/mol. The standard InChI is InChI=1S/C14H10ClN3OS2/c1-17-13(19)12(21-14(17)20)6-9-7-16-18(8-9)11-4-2-10(15)3-5-11/h2-8H,1H3/b12-6-. The smallest absolute Gasteiger partial charge is 0.265 e. The Morgan fingerprint density at radius 1 is 1.33 bits per heavy atom. The van der Waals surface area contributed by atoms with Gasteiger partial charge in [0.25, 0.3) is 5.91 Å². The van der Waals surface area contributed by atoms with Crippen molar-refractivity contribution in [1.29, 1.82) is 0 Å². The van der Waals surface area contributed by atoms with Crippen LogP contribution in [-0.2, 0) is 4.79 Å². The van der Waals surface area contributed by atoms with Gasteiger partial charge in [-0.15, -0.1) is 0 Å². The predicted molar refractivity (Wildman–Crippen MR) is 89.5 cm³/mol. The number of rotatable bonds is 2. The molecule has 106 valence electrons. The number of hydrogen-bond acceptors (Lipinski definition) is 4. The Labute approximate surface area is 136 Å². The number of likely N-dealkylation sites (N-methyl/N-ethyl adjacent to an activating group) is 1. The van der Waals surface area contributed by atoms with Crippen LogP contribution < -0.4 is 0 Å². The molecule has 0 bridgehead atoms. The number of hydrogen-bond donors (Lipinski definition) is 0. The van der Waals surface area contributed by atoms with E-state index in [0.29, 0.717) is 14.2 Å². The number of benzene rings is 1. The summed E-state index contributed by atoms with van der Waals surface area (Å²) < 4.78 is 2.30. The lowest BCUT2D eigenvalue weighted by molar-refractivity contribution is -0.121. The second-order valence-corrected chi connectivity index (χ2v) is 6.55. The van der Waals surface area contributed by atoms with Gasteiger partial charge < -0.3 is 0 Å². The summed E-state index contributed by atoms with van der Waals surface area (Å²) >= 11 is 12.3. The zero-order valence-electron chi connectivity index (χ0n) is 11.0. The van der Waals surface area contributed by atoms with Crippen LogP contribution in [0.1, 0.15) is 5.56 Å². The van der Waals surface area contributed by atoms with Gasteiger partial charge in [-0.3, -0.25) is 9.69 Å². The predicted octanol–water partition coefficient (Wildman–Crippen LogP) is 3.36. The fourth-order valence-corrected chi connectivity index (χ4v) is 3.15. The third-order valence-electron chi connectivity index (χ3n) is 2.98.